The Hall–Kier alpha value is -3.54. The molecule has 5 aromatic heterocycles. The quantitative estimate of drug-likeness (QED) is 0.109. The van der Waals surface area contributed by atoms with Gasteiger partial charge in [0.05, 0.1) is 11.0 Å². The lowest BCUT2D eigenvalue weighted by atomic mass is 10.0. The van der Waals surface area contributed by atoms with Crippen molar-refractivity contribution < 1.29 is 4.74 Å². The van der Waals surface area contributed by atoms with Crippen LogP contribution in [0.25, 0.3) is 33.4 Å². The molecule has 0 unspecified atom stereocenters. The van der Waals surface area contributed by atoms with E-state index in [1.54, 1.807) is 23.7 Å². The van der Waals surface area contributed by atoms with Crippen LogP contribution >= 0.6 is 11.3 Å². The molecule has 0 aromatic carbocycles. The number of aryl methyl sites for hydroxylation is 1. The zero-order valence-corrected chi connectivity index (χ0v) is 25.1. The monoisotopic (exact) mass is 558 g/mol. The van der Waals surface area contributed by atoms with Gasteiger partial charge in [0.25, 0.3) is 0 Å². The van der Waals surface area contributed by atoms with E-state index in [9.17, 15) is 0 Å². The molecule has 0 N–H and O–H groups in total. The van der Waals surface area contributed by atoms with Crippen LogP contribution in [-0.2, 0) is 11.8 Å². The van der Waals surface area contributed by atoms with E-state index in [-0.39, 0.29) is 0 Å². The fraction of sp³-hybridized carbons (Fsp3) is 0.357. The predicted molar refractivity (Wildman–Crippen MR) is 160 cm³/mol. The SMILES string of the molecule is CC(C)c1nnc(N(COCC[Si](C)(C)C)c2ccc3ncc(-c4cn(C)nc4-c4ccncc4)cc3n2)s1. The van der Waals surface area contributed by atoms with Crippen molar-refractivity contribution in [1.82, 2.24) is 34.9 Å². The van der Waals surface area contributed by atoms with Crippen LogP contribution in [0.15, 0.2) is 55.1 Å². The molecule has 0 aliphatic rings. The Balaban J connectivity index is 1.50. The fourth-order valence-electron chi connectivity index (χ4n) is 4.04. The molecule has 0 aliphatic heterocycles. The van der Waals surface area contributed by atoms with Crippen LogP contribution in [0, 0.1) is 0 Å². The third-order valence-corrected chi connectivity index (χ3v) is 9.22. The number of hydrogen-bond acceptors (Lipinski definition) is 9. The highest BCUT2D eigenvalue weighted by atomic mass is 32.1. The van der Waals surface area contributed by atoms with Crippen molar-refractivity contribution in [2.75, 3.05) is 18.2 Å². The van der Waals surface area contributed by atoms with E-state index in [0.29, 0.717) is 19.3 Å². The second-order valence-corrected chi connectivity index (χ2v) is 17.7. The first-order valence-corrected chi connectivity index (χ1v) is 17.6. The molecule has 0 radical (unpaired) electrons. The van der Waals surface area contributed by atoms with Crippen molar-refractivity contribution in [1.29, 1.82) is 0 Å². The minimum absolute atomic E-state index is 0.302. The average Bonchev–Trinajstić information content (AvgIpc) is 3.55. The molecule has 0 spiro atoms. The van der Waals surface area contributed by atoms with Crippen LogP contribution in [0.3, 0.4) is 0 Å². The Labute approximate surface area is 234 Å². The summed E-state index contributed by atoms with van der Waals surface area (Å²) in [7, 11) is 0.719. The van der Waals surface area contributed by atoms with Gasteiger partial charge < -0.3 is 4.74 Å². The van der Waals surface area contributed by atoms with E-state index < -0.39 is 8.07 Å². The highest BCUT2D eigenvalue weighted by Crippen LogP contribution is 2.34. The van der Waals surface area contributed by atoms with Crippen LogP contribution in [0.5, 0.6) is 0 Å². The molecule has 0 aliphatic carbocycles. The van der Waals surface area contributed by atoms with Crippen molar-refractivity contribution in [3.05, 3.63) is 60.1 Å². The van der Waals surface area contributed by atoms with Gasteiger partial charge in [-0.25, -0.2) is 4.98 Å². The average molecular weight is 559 g/mol. The zero-order chi connectivity index (χ0) is 27.6. The lowest BCUT2D eigenvalue weighted by molar-refractivity contribution is 0.153. The summed E-state index contributed by atoms with van der Waals surface area (Å²) < 4.78 is 7.97. The van der Waals surface area contributed by atoms with E-state index in [2.05, 4.69) is 54.7 Å². The largest absolute Gasteiger partial charge is 0.361 e. The standard InChI is InChI=1S/C28H34N8OSSi/c1-19(2)27-32-33-28(38-27)36(18-37-13-14-39(4,5)6)25-8-7-23-24(31-25)15-21(16-30-23)22-17-35(3)34-26(22)20-9-11-29-12-10-20/h7-12,15-17,19H,13-14,18H2,1-6H3. The number of nitrogens with zero attached hydrogens (tertiary/aromatic N) is 8. The Morgan fingerprint density at radius 2 is 1.82 bits per heavy atom. The van der Waals surface area contributed by atoms with E-state index in [0.717, 1.165) is 55.4 Å². The van der Waals surface area contributed by atoms with Crippen LogP contribution < -0.4 is 4.90 Å². The van der Waals surface area contributed by atoms with Gasteiger partial charge in [0.2, 0.25) is 5.13 Å². The molecule has 0 amide bonds. The highest BCUT2D eigenvalue weighted by molar-refractivity contribution is 7.15. The van der Waals surface area contributed by atoms with Gasteiger partial charge in [-0.2, -0.15) is 5.10 Å². The molecule has 202 valence electrons. The van der Waals surface area contributed by atoms with Crippen molar-refractivity contribution in [3.8, 4) is 22.4 Å². The normalized spacial score (nSPS) is 12.0. The van der Waals surface area contributed by atoms with Crippen LogP contribution in [0.4, 0.5) is 10.9 Å². The van der Waals surface area contributed by atoms with Crippen LogP contribution in [0.1, 0.15) is 24.8 Å². The lowest BCUT2D eigenvalue weighted by Crippen LogP contribution is -2.26. The molecule has 0 saturated carbocycles. The molecular weight excluding hydrogens is 525 g/mol. The number of ether oxygens (including phenoxy) is 1. The van der Waals surface area contributed by atoms with E-state index in [1.165, 1.54) is 0 Å². The van der Waals surface area contributed by atoms with Crippen molar-refractivity contribution in [2.45, 2.75) is 45.5 Å². The molecule has 9 nitrogen and oxygen atoms in total. The summed E-state index contributed by atoms with van der Waals surface area (Å²) in [6.07, 6.45) is 7.44. The van der Waals surface area contributed by atoms with Gasteiger partial charge in [-0.3, -0.25) is 19.5 Å². The minimum Gasteiger partial charge on any atom is -0.361 e. The predicted octanol–water partition coefficient (Wildman–Crippen LogP) is 6.52. The first-order chi connectivity index (χ1) is 18.7. The van der Waals surface area contributed by atoms with Crippen molar-refractivity contribution >= 4 is 41.4 Å². The maximum Gasteiger partial charge on any atom is 0.215 e. The molecule has 0 bridgehead atoms. The molecule has 5 heterocycles. The fourth-order valence-corrected chi connectivity index (χ4v) is 5.64. The van der Waals surface area contributed by atoms with Crippen molar-refractivity contribution in [3.63, 3.8) is 0 Å². The third-order valence-electron chi connectivity index (χ3n) is 6.26. The first kappa shape index (κ1) is 27.0. The summed E-state index contributed by atoms with van der Waals surface area (Å²) in [6, 6.07) is 11.1. The Kier molecular flexibility index (Phi) is 7.83. The van der Waals surface area contributed by atoms with Crippen LogP contribution in [-0.4, -0.2) is 56.3 Å². The topological polar surface area (TPSA) is 94.7 Å². The number of hydrogen-bond donors (Lipinski definition) is 0. The van der Waals surface area contributed by atoms with Gasteiger partial charge in [-0.05, 0) is 36.4 Å². The van der Waals surface area contributed by atoms with Gasteiger partial charge in [0.15, 0.2) is 0 Å². The second-order valence-electron chi connectivity index (χ2n) is 11.1. The van der Waals surface area contributed by atoms with Crippen LogP contribution in [0.2, 0.25) is 25.7 Å². The van der Waals surface area contributed by atoms with E-state index >= 15 is 0 Å². The molecule has 5 aromatic rings. The van der Waals surface area contributed by atoms with Gasteiger partial charge in [0.1, 0.15) is 23.3 Å². The molecule has 11 heteroatoms. The maximum absolute atomic E-state index is 6.15. The molecule has 5 rings (SSSR count). The summed E-state index contributed by atoms with van der Waals surface area (Å²) in [5, 5.41) is 15.4. The Bertz CT molecular complexity index is 1560. The maximum atomic E-state index is 6.15. The lowest BCUT2D eigenvalue weighted by Gasteiger charge is -2.22. The molecule has 0 fully saturated rings. The number of anilines is 2. The van der Waals surface area contributed by atoms with E-state index in [1.807, 2.05) is 53.3 Å². The molecule has 39 heavy (non-hydrogen) atoms. The third kappa shape index (κ3) is 6.38. The highest BCUT2D eigenvalue weighted by Gasteiger charge is 2.20. The summed E-state index contributed by atoms with van der Waals surface area (Å²) >= 11 is 1.58. The smallest absolute Gasteiger partial charge is 0.215 e. The molecule has 0 saturated heterocycles. The number of aromatic nitrogens is 7. The van der Waals surface area contributed by atoms with Crippen molar-refractivity contribution in [2.24, 2.45) is 7.05 Å². The number of rotatable bonds is 10. The molecule has 0 atom stereocenters. The summed E-state index contributed by atoms with van der Waals surface area (Å²) in [5.41, 5.74) is 5.42. The zero-order valence-electron chi connectivity index (χ0n) is 23.3. The van der Waals surface area contributed by atoms with Gasteiger partial charge in [0, 0.05) is 69.1 Å². The summed E-state index contributed by atoms with van der Waals surface area (Å²) in [4.78, 5) is 15.9. The van der Waals surface area contributed by atoms with Gasteiger partial charge in [-0.1, -0.05) is 44.8 Å². The Morgan fingerprint density at radius 3 is 2.54 bits per heavy atom. The Morgan fingerprint density at radius 1 is 1.03 bits per heavy atom. The van der Waals surface area contributed by atoms with Gasteiger partial charge in [-0.15, -0.1) is 10.2 Å². The number of pyridine rings is 3. The number of fused-ring (bicyclic) bond motifs is 1. The molecular formula is C28H34N8OSSi. The first-order valence-electron chi connectivity index (χ1n) is 13.1. The van der Waals surface area contributed by atoms with Gasteiger partial charge >= 0.3 is 0 Å². The summed E-state index contributed by atoms with van der Waals surface area (Å²) in [6.45, 7) is 12.4. The minimum atomic E-state index is -1.20. The van der Waals surface area contributed by atoms with E-state index in [4.69, 9.17) is 19.8 Å². The summed E-state index contributed by atoms with van der Waals surface area (Å²) in [5.74, 6) is 1.05. The second kappa shape index (κ2) is 11.3.